The lowest BCUT2D eigenvalue weighted by Crippen LogP contribution is -2.43. The summed E-state index contributed by atoms with van der Waals surface area (Å²) in [6.45, 7) is 1.90. The summed E-state index contributed by atoms with van der Waals surface area (Å²) in [6, 6.07) is 2.09. The molecule has 2 aromatic rings. The Morgan fingerprint density at radius 3 is 2.83 bits per heavy atom. The van der Waals surface area contributed by atoms with E-state index in [0.717, 1.165) is 36.4 Å². The molecule has 9 heteroatoms. The van der Waals surface area contributed by atoms with Crippen molar-refractivity contribution >= 4 is 34.2 Å². The van der Waals surface area contributed by atoms with Crippen molar-refractivity contribution in [3.05, 3.63) is 23.5 Å². The van der Waals surface area contributed by atoms with Crippen molar-refractivity contribution in [2.75, 3.05) is 10.6 Å². The van der Waals surface area contributed by atoms with Gasteiger partial charge in [0.15, 0.2) is 0 Å². The maximum atomic E-state index is 11.6. The van der Waals surface area contributed by atoms with Gasteiger partial charge < -0.3 is 22.1 Å². The molecule has 2 heterocycles. The van der Waals surface area contributed by atoms with Gasteiger partial charge in [-0.25, -0.2) is 4.98 Å². The van der Waals surface area contributed by atoms with Gasteiger partial charge in [-0.05, 0) is 37.4 Å². The molecule has 0 saturated heterocycles. The number of nitrogens with two attached hydrogens (primary N) is 2. The number of primary amides is 1. The highest BCUT2D eigenvalue weighted by Crippen LogP contribution is 2.25. The van der Waals surface area contributed by atoms with Crippen molar-refractivity contribution in [2.24, 2.45) is 11.5 Å². The summed E-state index contributed by atoms with van der Waals surface area (Å²) < 4.78 is 4.20. The smallest absolute Gasteiger partial charge is 0.254 e. The number of carbonyl (C=O) groups excluding carboxylic acids is 1. The molecule has 0 radical (unpaired) electrons. The molecule has 1 saturated carbocycles. The third kappa shape index (κ3) is 3.80. The minimum atomic E-state index is -0.584. The number of anilines is 3. The quantitative estimate of drug-likeness (QED) is 0.648. The van der Waals surface area contributed by atoms with E-state index in [0.29, 0.717) is 11.8 Å². The van der Waals surface area contributed by atoms with E-state index in [2.05, 4.69) is 25.0 Å². The lowest BCUT2D eigenvalue weighted by Gasteiger charge is -2.29. The lowest BCUT2D eigenvalue weighted by molar-refractivity contribution is 0.100. The fourth-order valence-corrected chi connectivity index (χ4v) is 3.43. The van der Waals surface area contributed by atoms with Gasteiger partial charge in [-0.3, -0.25) is 4.79 Å². The zero-order chi connectivity index (χ0) is 17.1. The third-order valence-electron chi connectivity index (χ3n) is 4.06. The molecule has 1 aliphatic rings. The van der Waals surface area contributed by atoms with E-state index in [4.69, 9.17) is 11.5 Å². The molecule has 24 heavy (non-hydrogen) atoms. The Morgan fingerprint density at radius 2 is 2.17 bits per heavy atom. The van der Waals surface area contributed by atoms with E-state index in [1.54, 1.807) is 0 Å². The van der Waals surface area contributed by atoms with Gasteiger partial charge in [-0.1, -0.05) is 12.8 Å². The van der Waals surface area contributed by atoms with Crippen molar-refractivity contribution < 1.29 is 4.79 Å². The van der Waals surface area contributed by atoms with Crippen LogP contribution in [0, 0.1) is 6.92 Å². The maximum Gasteiger partial charge on any atom is 0.254 e. The van der Waals surface area contributed by atoms with Crippen LogP contribution in [-0.2, 0) is 0 Å². The Kier molecular flexibility index (Phi) is 4.91. The second-order valence-corrected chi connectivity index (χ2v) is 6.78. The van der Waals surface area contributed by atoms with Crippen LogP contribution in [0.1, 0.15) is 41.7 Å². The van der Waals surface area contributed by atoms with Crippen molar-refractivity contribution in [1.29, 1.82) is 0 Å². The van der Waals surface area contributed by atoms with Crippen molar-refractivity contribution in [1.82, 2.24) is 14.3 Å². The lowest BCUT2D eigenvalue weighted by atomic mass is 9.91. The highest BCUT2D eigenvalue weighted by Gasteiger charge is 2.23. The second kappa shape index (κ2) is 7.10. The van der Waals surface area contributed by atoms with Crippen LogP contribution in [0.15, 0.2) is 12.3 Å². The summed E-state index contributed by atoms with van der Waals surface area (Å²) in [7, 11) is 0. The molecule has 0 bridgehead atoms. The number of nitrogens with one attached hydrogen (secondary N) is 2. The first kappa shape index (κ1) is 16.6. The SMILES string of the molecule is Cc1cc(Nc2nc(N[C@@H]3CCCC[C@@H]3N)ncc2C(N)=O)sn1. The van der Waals surface area contributed by atoms with Gasteiger partial charge in [0.25, 0.3) is 5.91 Å². The predicted octanol–water partition coefficient (Wildman–Crippen LogP) is 1.77. The first-order valence-electron chi connectivity index (χ1n) is 7.92. The van der Waals surface area contributed by atoms with Gasteiger partial charge in [0, 0.05) is 18.3 Å². The largest absolute Gasteiger partial charge is 0.365 e. The fourth-order valence-electron chi connectivity index (χ4n) is 2.77. The molecule has 1 aliphatic carbocycles. The molecule has 1 fully saturated rings. The Balaban J connectivity index is 1.83. The summed E-state index contributed by atoms with van der Waals surface area (Å²) in [5.41, 5.74) is 12.7. The zero-order valence-corrected chi connectivity index (χ0v) is 14.3. The number of aryl methyl sites for hydroxylation is 1. The highest BCUT2D eigenvalue weighted by atomic mass is 32.1. The standard InChI is InChI=1S/C15H21N7OS/c1-8-6-12(24-22-8)20-14-9(13(17)23)7-18-15(21-14)19-11-5-3-2-4-10(11)16/h6-7,10-11H,2-5,16H2,1H3,(H2,17,23)(H2,18,19,20,21)/t10-,11+/m0/s1. The Bertz CT molecular complexity index is 732. The first-order valence-corrected chi connectivity index (χ1v) is 8.69. The topological polar surface area (TPSA) is 132 Å². The summed E-state index contributed by atoms with van der Waals surface area (Å²) in [4.78, 5) is 20.2. The number of nitrogens with zero attached hydrogens (tertiary/aromatic N) is 3. The molecule has 6 N–H and O–H groups in total. The minimum absolute atomic E-state index is 0.0821. The summed E-state index contributed by atoms with van der Waals surface area (Å²) in [5, 5.41) is 7.16. The minimum Gasteiger partial charge on any atom is -0.365 e. The molecule has 0 spiro atoms. The molecule has 128 valence electrons. The van der Waals surface area contributed by atoms with E-state index in [1.165, 1.54) is 17.7 Å². The number of carbonyl (C=O) groups is 1. The summed E-state index contributed by atoms with van der Waals surface area (Å²) in [5.74, 6) is 0.221. The Labute approximate surface area is 144 Å². The second-order valence-electron chi connectivity index (χ2n) is 5.98. The number of aromatic nitrogens is 3. The Hall–Kier alpha value is -2.26. The van der Waals surface area contributed by atoms with Crippen LogP contribution in [-0.4, -0.2) is 32.3 Å². The molecular weight excluding hydrogens is 326 g/mol. The van der Waals surface area contributed by atoms with Crippen LogP contribution in [0.4, 0.5) is 16.8 Å². The van der Waals surface area contributed by atoms with Gasteiger partial charge >= 0.3 is 0 Å². The van der Waals surface area contributed by atoms with E-state index in [-0.39, 0.29) is 17.6 Å². The average Bonchev–Trinajstić information content (AvgIpc) is 2.94. The van der Waals surface area contributed by atoms with Crippen LogP contribution in [0.2, 0.25) is 0 Å². The van der Waals surface area contributed by atoms with Crippen molar-refractivity contribution in [3.8, 4) is 0 Å². The van der Waals surface area contributed by atoms with E-state index in [9.17, 15) is 4.79 Å². The summed E-state index contributed by atoms with van der Waals surface area (Å²) in [6.07, 6.45) is 5.69. The van der Waals surface area contributed by atoms with Crippen LogP contribution in [0.3, 0.4) is 0 Å². The van der Waals surface area contributed by atoms with E-state index >= 15 is 0 Å². The number of hydrogen-bond donors (Lipinski definition) is 4. The van der Waals surface area contributed by atoms with Crippen molar-refractivity contribution in [2.45, 2.75) is 44.7 Å². The number of rotatable bonds is 5. The van der Waals surface area contributed by atoms with E-state index < -0.39 is 5.91 Å². The van der Waals surface area contributed by atoms with Gasteiger partial charge in [0.2, 0.25) is 5.95 Å². The molecule has 0 unspecified atom stereocenters. The van der Waals surface area contributed by atoms with Gasteiger partial charge in [-0.15, -0.1) is 0 Å². The van der Waals surface area contributed by atoms with Crippen LogP contribution in [0.5, 0.6) is 0 Å². The molecule has 0 aliphatic heterocycles. The van der Waals surface area contributed by atoms with Crippen LogP contribution >= 0.6 is 11.5 Å². The molecule has 0 aromatic carbocycles. The van der Waals surface area contributed by atoms with Crippen LogP contribution in [0.25, 0.3) is 0 Å². The summed E-state index contributed by atoms with van der Waals surface area (Å²) >= 11 is 1.29. The molecule has 8 nitrogen and oxygen atoms in total. The molecule has 3 rings (SSSR count). The molecular formula is C15H21N7OS. The first-order chi connectivity index (χ1) is 11.5. The maximum absolute atomic E-state index is 11.6. The molecule has 2 atom stereocenters. The van der Waals surface area contributed by atoms with Gasteiger partial charge in [-0.2, -0.15) is 9.36 Å². The zero-order valence-electron chi connectivity index (χ0n) is 13.5. The predicted molar refractivity (Wildman–Crippen MR) is 94.5 cm³/mol. The average molecular weight is 347 g/mol. The van der Waals surface area contributed by atoms with Gasteiger partial charge in [0.1, 0.15) is 16.4 Å². The van der Waals surface area contributed by atoms with Crippen molar-refractivity contribution in [3.63, 3.8) is 0 Å². The highest BCUT2D eigenvalue weighted by molar-refractivity contribution is 7.10. The van der Waals surface area contributed by atoms with E-state index in [1.807, 2.05) is 13.0 Å². The normalized spacial score (nSPS) is 20.6. The number of hydrogen-bond acceptors (Lipinski definition) is 8. The monoisotopic (exact) mass is 347 g/mol. The van der Waals surface area contributed by atoms with Gasteiger partial charge in [0.05, 0.1) is 5.69 Å². The molecule has 2 aromatic heterocycles. The molecule has 1 amide bonds. The van der Waals surface area contributed by atoms with Crippen LogP contribution < -0.4 is 22.1 Å². The fraction of sp³-hybridized carbons (Fsp3) is 0.467. The third-order valence-corrected chi connectivity index (χ3v) is 4.85. The number of amides is 1. The Morgan fingerprint density at radius 1 is 1.38 bits per heavy atom.